The molecule has 0 aliphatic carbocycles. The molecule has 0 atom stereocenters. The molecule has 2 rings (SSSR count). The number of ether oxygens (including phenoxy) is 1. The molecule has 0 spiro atoms. The van der Waals surface area contributed by atoms with Gasteiger partial charge in [-0.2, -0.15) is 0 Å². The predicted molar refractivity (Wildman–Crippen MR) is 77.5 cm³/mol. The van der Waals surface area contributed by atoms with Gasteiger partial charge in [-0.25, -0.2) is 0 Å². The van der Waals surface area contributed by atoms with Crippen LogP contribution in [0, 0.1) is 0 Å². The standard InChI is InChI=1S/C15H15NO2S/c1-18-14-9-11(7-8-13(14)15(16)17)10-19-12-5-3-2-4-6-12/h2-9H,10H2,1H3,(H2,16,17). The van der Waals surface area contributed by atoms with Crippen LogP contribution in [0.3, 0.4) is 0 Å². The van der Waals surface area contributed by atoms with Crippen molar-refractivity contribution in [3.05, 3.63) is 59.7 Å². The highest BCUT2D eigenvalue weighted by Gasteiger charge is 2.09. The van der Waals surface area contributed by atoms with Gasteiger partial charge in [0.1, 0.15) is 5.75 Å². The van der Waals surface area contributed by atoms with Gasteiger partial charge >= 0.3 is 0 Å². The molecule has 0 aromatic heterocycles. The van der Waals surface area contributed by atoms with E-state index in [1.54, 1.807) is 17.8 Å². The van der Waals surface area contributed by atoms with Crippen molar-refractivity contribution in [2.75, 3.05) is 7.11 Å². The summed E-state index contributed by atoms with van der Waals surface area (Å²) in [4.78, 5) is 12.4. The molecule has 0 fully saturated rings. The van der Waals surface area contributed by atoms with Gasteiger partial charge in [-0.1, -0.05) is 24.3 Å². The first kappa shape index (κ1) is 13.5. The number of thioether (sulfide) groups is 1. The second-order valence-electron chi connectivity index (χ2n) is 4.00. The van der Waals surface area contributed by atoms with Crippen LogP contribution in [-0.2, 0) is 5.75 Å². The van der Waals surface area contributed by atoms with Gasteiger partial charge in [0.25, 0.3) is 5.91 Å². The molecule has 0 radical (unpaired) electrons. The van der Waals surface area contributed by atoms with E-state index in [0.29, 0.717) is 11.3 Å². The van der Waals surface area contributed by atoms with Crippen molar-refractivity contribution in [2.45, 2.75) is 10.6 Å². The van der Waals surface area contributed by atoms with Gasteiger partial charge in [-0.15, -0.1) is 11.8 Å². The zero-order chi connectivity index (χ0) is 13.7. The molecular formula is C15H15NO2S. The lowest BCUT2D eigenvalue weighted by molar-refractivity contribution is 0.0997. The van der Waals surface area contributed by atoms with Crippen molar-refractivity contribution in [3.63, 3.8) is 0 Å². The molecular weight excluding hydrogens is 258 g/mol. The van der Waals surface area contributed by atoms with E-state index in [0.717, 1.165) is 11.3 Å². The summed E-state index contributed by atoms with van der Waals surface area (Å²) in [5, 5.41) is 0. The van der Waals surface area contributed by atoms with E-state index in [2.05, 4.69) is 12.1 Å². The number of primary amides is 1. The predicted octanol–water partition coefficient (Wildman–Crippen LogP) is 3.09. The Morgan fingerprint density at radius 2 is 1.95 bits per heavy atom. The van der Waals surface area contributed by atoms with E-state index in [9.17, 15) is 4.79 Å². The molecule has 2 N–H and O–H groups in total. The van der Waals surface area contributed by atoms with Crippen LogP contribution in [0.5, 0.6) is 5.75 Å². The lowest BCUT2D eigenvalue weighted by Crippen LogP contribution is -2.12. The molecule has 0 heterocycles. The minimum Gasteiger partial charge on any atom is -0.496 e. The van der Waals surface area contributed by atoms with Gasteiger partial charge in [-0.3, -0.25) is 4.79 Å². The first-order valence-electron chi connectivity index (χ1n) is 5.85. The molecule has 2 aromatic carbocycles. The molecule has 3 nitrogen and oxygen atoms in total. The van der Waals surface area contributed by atoms with Crippen molar-refractivity contribution in [1.82, 2.24) is 0 Å². The summed E-state index contributed by atoms with van der Waals surface area (Å²) >= 11 is 1.74. The minimum absolute atomic E-state index is 0.413. The highest BCUT2D eigenvalue weighted by Crippen LogP contribution is 2.26. The number of rotatable bonds is 5. The Hall–Kier alpha value is -1.94. The molecule has 98 valence electrons. The Bertz CT molecular complexity index is 570. The second kappa shape index (κ2) is 6.29. The fraction of sp³-hybridized carbons (Fsp3) is 0.133. The van der Waals surface area contributed by atoms with Crippen molar-refractivity contribution in [2.24, 2.45) is 5.73 Å². The third-order valence-corrected chi connectivity index (χ3v) is 3.76. The number of hydrogen-bond donors (Lipinski definition) is 1. The van der Waals surface area contributed by atoms with Crippen molar-refractivity contribution < 1.29 is 9.53 Å². The first-order valence-corrected chi connectivity index (χ1v) is 6.84. The molecule has 1 amide bonds. The molecule has 0 saturated carbocycles. The maximum absolute atomic E-state index is 11.2. The highest BCUT2D eigenvalue weighted by atomic mass is 32.2. The van der Waals surface area contributed by atoms with Crippen LogP contribution in [-0.4, -0.2) is 13.0 Å². The fourth-order valence-electron chi connectivity index (χ4n) is 1.71. The van der Waals surface area contributed by atoms with E-state index in [-0.39, 0.29) is 0 Å². The summed E-state index contributed by atoms with van der Waals surface area (Å²) in [7, 11) is 1.54. The topological polar surface area (TPSA) is 52.3 Å². The number of carbonyl (C=O) groups excluding carboxylic acids is 1. The Kier molecular flexibility index (Phi) is 4.47. The van der Waals surface area contributed by atoms with Gasteiger partial charge in [0, 0.05) is 10.6 Å². The van der Waals surface area contributed by atoms with Crippen LogP contribution < -0.4 is 10.5 Å². The molecule has 4 heteroatoms. The monoisotopic (exact) mass is 273 g/mol. The molecule has 0 bridgehead atoms. The van der Waals surface area contributed by atoms with Crippen molar-refractivity contribution in [3.8, 4) is 5.75 Å². The van der Waals surface area contributed by atoms with Gasteiger partial charge in [0.15, 0.2) is 0 Å². The summed E-state index contributed by atoms with van der Waals surface area (Å²) in [6.45, 7) is 0. The number of carbonyl (C=O) groups is 1. The third kappa shape index (κ3) is 3.51. The highest BCUT2D eigenvalue weighted by molar-refractivity contribution is 7.98. The number of methoxy groups -OCH3 is 1. The molecule has 19 heavy (non-hydrogen) atoms. The molecule has 2 aromatic rings. The average molecular weight is 273 g/mol. The Morgan fingerprint density at radius 1 is 1.21 bits per heavy atom. The largest absolute Gasteiger partial charge is 0.496 e. The fourth-order valence-corrected chi connectivity index (χ4v) is 2.57. The van der Waals surface area contributed by atoms with Crippen LogP contribution in [0.25, 0.3) is 0 Å². The van der Waals surface area contributed by atoms with Crippen LogP contribution in [0.4, 0.5) is 0 Å². The molecule has 0 unspecified atom stereocenters. The average Bonchev–Trinajstić information content (AvgIpc) is 2.45. The van der Waals surface area contributed by atoms with E-state index < -0.39 is 5.91 Å². The van der Waals surface area contributed by atoms with Gasteiger partial charge in [0.05, 0.1) is 12.7 Å². The van der Waals surface area contributed by atoms with Gasteiger partial charge in [0.2, 0.25) is 0 Å². The number of nitrogens with two attached hydrogens (primary N) is 1. The lowest BCUT2D eigenvalue weighted by Gasteiger charge is -2.08. The van der Waals surface area contributed by atoms with Gasteiger partial charge in [-0.05, 0) is 29.8 Å². The summed E-state index contributed by atoms with van der Waals surface area (Å²) in [5.74, 6) is 0.872. The lowest BCUT2D eigenvalue weighted by atomic mass is 10.1. The van der Waals surface area contributed by atoms with Crippen LogP contribution in [0.15, 0.2) is 53.4 Å². The van der Waals surface area contributed by atoms with Crippen molar-refractivity contribution >= 4 is 17.7 Å². The Balaban J connectivity index is 2.11. The van der Waals surface area contributed by atoms with Crippen LogP contribution in [0.2, 0.25) is 0 Å². The smallest absolute Gasteiger partial charge is 0.252 e. The van der Waals surface area contributed by atoms with E-state index in [4.69, 9.17) is 10.5 Å². The maximum Gasteiger partial charge on any atom is 0.252 e. The van der Waals surface area contributed by atoms with E-state index in [1.165, 1.54) is 12.0 Å². The summed E-state index contributed by atoms with van der Waals surface area (Å²) in [6.07, 6.45) is 0. The number of hydrogen-bond acceptors (Lipinski definition) is 3. The Morgan fingerprint density at radius 3 is 2.58 bits per heavy atom. The summed E-state index contributed by atoms with van der Waals surface area (Å²) in [5.41, 5.74) is 6.79. The summed E-state index contributed by atoms with van der Waals surface area (Å²) in [6, 6.07) is 15.6. The second-order valence-corrected chi connectivity index (χ2v) is 5.05. The third-order valence-electron chi connectivity index (χ3n) is 2.68. The normalized spacial score (nSPS) is 10.2. The van der Waals surface area contributed by atoms with Gasteiger partial charge < -0.3 is 10.5 Å². The Labute approximate surface area is 116 Å². The van der Waals surface area contributed by atoms with E-state index in [1.807, 2.05) is 30.3 Å². The van der Waals surface area contributed by atoms with Crippen LogP contribution >= 0.6 is 11.8 Å². The molecule has 0 aliphatic rings. The zero-order valence-electron chi connectivity index (χ0n) is 10.6. The summed E-state index contributed by atoms with van der Waals surface area (Å²) < 4.78 is 5.19. The minimum atomic E-state index is -0.473. The maximum atomic E-state index is 11.2. The zero-order valence-corrected chi connectivity index (χ0v) is 11.4. The number of amides is 1. The SMILES string of the molecule is COc1cc(CSc2ccccc2)ccc1C(N)=O. The van der Waals surface area contributed by atoms with Crippen LogP contribution in [0.1, 0.15) is 15.9 Å². The van der Waals surface area contributed by atoms with E-state index >= 15 is 0 Å². The van der Waals surface area contributed by atoms with Crippen molar-refractivity contribution in [1.29, 1.82) is 0 Å². The molecule has 0 aliphatic heterocycles. The molecule has 0 saturated heterocycles. The first-order chi connectivity index (χ1) is 9.20. The number of benzene rings is 2. The quantitative estimate of drug-likeness (QED) is 0.852.